The molecule has 2 amide bonds. The molecule has 0 atom stereocenters. The predicted octanol–water partition coefficient (Wildman–Crippen LogP) is 2.01. The maximum atomic E-state index is 13.0. The number of aromatic hydroxyl groups is 1. The maximum Gasteiger partial charge on any atom is 0.255 e. The SMILES string of the molecule is O=C(CCc1cccc(F)c1)NCCNC(=O)c1ccccc1O. The van der Waals surface area contributed by atoms with Crippen LogP contribution in [0.15, 0.2) is 48.5 Å². The van der Waals surface area contributed by atoms with Crippen molar-refractivity contribution in [2.45, 2.75) is 12.8 Å². The summed E-state index contributed by atoms with van der Waals surface area (Å²) >= 11 is 0. The Kier molecular flexibility index (Phi) is 6.31. The molecule has 0 aliphatic heterocycles. The molecule has 0 spiro atoms. The molecule has 0 fully saturated rings. The molecule has 0 heterocycles. The molecule has 0 saturated heterocycles. The summed E-state index contributed by atoms with van der Waals surface area (Å²) in [7, 11) is 0. The zero-order chi connectivity index (χ0) is 17.4. The highest BCUT2D eigenvalue weighted by Crippen LogP contribution is 2.14. The number of nitrogens with one attached hydrogen (secondary N) is 2. The minimum Gasteiger partial charge on any atom is -0.507 e. The number of benzene rings is 2. The summed E-state index contributed by atoms with van der Waals surface area (Å²) in [6.07, 6.45) is 0.699. The molecule has 6 heteroatoms. The van der Waals surface area contributed by atoms with Crippen molar-refractivity contribution < 1.29 is 19.1 Å². The highest BCUT2D eigenvalue weighted by atomic mass is 19.1. The van der Waals surface area contributed by atoms with Crippen molar-refractivity contribution in [3.8, 4) is 5.75 Å². The Labute approximate surface area is 139 Å². The number of para-hydroxylation sites is 1. The number of phenolic OH excluding ortho intramolecular Hbond substituents is 1. The normalized spacial score (nSPS) is 10.2. The van der Waals surface area contributed by atoms with Gasteiger partial charge >= 0.3 is 0 Å². The Morgan fingerprint density at radius 2 is 1.75 bits per heavy atom. The second-order valence-corrected chi connectivity index (χ2v) is 5.25. The first kappa shape index (κ1) is 17.5. The maximum absolute atomic E-state index is 13.0. The summed E-state index contributed by atoms with van der Waals surface area (Å²) in [5.74, 6) is -0.980. The van der Waals surface area contributed by atoms with Gasteiger partial charge in [-0.25, -0.2) is 4.39 Å². The van der Waals surface area contributed by atoms with E-state index in [1.807, 2.05) is 0 Å². The number of hydrogen-bond acceptors (Lipinski definition) is 3. The Balaban J connectivity index is 1.66. The van der Waals surface area contributed by atoms with Crippen molar-refractivity contribution in [1.29, 1.82) is 0 Å². The molecule has 0 aliphatic carbocycles. The standard InChI is InChI=1S/C18H19FN2O3/c19-14-5-3-4-13(12-14)8-9-17(23)20-10-11-21-18(24)15-6-1-2-7-16(15)22/h1-7,12,22H,8-11H2,(H,20,23)(H,21,24). The van der Waals surface area contributed by atoms with Gasteiger partial charge in [-0.2, -0.15) is 0 Å². The lowest BCUT2D eigenvalue weighted by atomic mass is 10.1. The Bertz CT molecular complexity index is 719. The molecule has 2 rings (SSSR count). The average molecular weight is 330 g/mol. The van der Waals surface area contributed by atoms with E-state index < -0.39 is 5.91 Å². The second kappa shape index (κ2) is 8.67. The monoisotopic (exact) mass is 330 g/mol. The van der Waals surface area contributed by atoms with Crippen LogP contribution in [-0.2, 0) is 11.2 Å². The van der Waals surface area contributed by atoms with Gasteiger partial charge in [-0.05, 0) is 36.2 Å². The number of hydrogen-bond donors (Lipinski definition) is 3. The zero-order valence-electron chi connectivity index (χ0n) is 13.1. The fraction of sp³-hybridized carbons (Fsp3) is 0.222. The fourth-order valence-electron chi connectivity index (χ4n) is 2.18. The van der Waals surface area contributed by atoms with Crippen molar-refractivity contribution >= 4 is 11.8 Å². The van der Waals surface area contributed by atoms with E-state index in [-0.39, 0.29) is 42.5 Å². The number of rotatable bonds is 7. The summed E-state index contributed by atoms with van der Waals surface area (Å²) in [5, 5.41) is 14.9. The number of halogens is 1. The smallest absolute Gasteiger partial charge is 0.255 e. The molecule has 0 aliphatic rings. The van der Waals surface area contributed by atoms with Gasteiger partial charge in [-0.15, -0.1) is 0 Å². The quantitative estimate of drug-likeness (QED) is 0.680. The first-order chi connectivity index (χ1) is 11.6. The number of aryl methyl sites for hydroxylation is 1. The van der Waals surface area contributed by atoms with Crippen molar-refractivity contribution in [3.63, 3.8) is 0 Å². The molecule has 0 saturated carbocycles. The third kappa shape index (κ3) is 5.39. The third-order valence-corrected chi connectivity index (χ3v) is 3.41. The minimum absolute atomic E-state index is 0.0888. The third-order valence-electron chi connectivity index (χ3n) is 3.41. The summed E-state index contributed by atoms with van der Waals surface area (Å²) in [5.41, 5.74) is 0.952. The van der Waals surface area contributed by atoms with E-state index in [1.54, 1.807) is 24.3 Å². The average Bonchev–Trinajstić information content (AvgIpc) is 2.57. The van der Waals surface area contributed by atoms with Gasteiger partial charge in [-0.1, -0.05) is 24.3 Å². The number of amides is 2. The highest BCUT2D eigenvalue weighted by molar-refractivity contribution is 5.96. The first-order valence-electron chi connectivity index (χ1n) is 7.63. The van der Waals surface area contributed by atoms with E-state index in [2.05, 4.69) is 10.6 Å². The lowest BCUT2D eigenvalue weighted by Gasteiger charge is -2.08. The van der Waals surface area contributed by atoms with Crippen LogP contribution in [0.3, 0.4) is 0 Å². The van der Waals surface area contributed by atoms with E-state index in [4.69, 9.17) is 0 Å². The molecule has 0 bridgehead atoms. The van der Waals surface area contributed by atoms with Gasteiger partial charge in [0.05, 0.1) is 5.56 Å². The lowest BCUT2D eigenvalue weighted by Crippen LogP contribution is -2.34. The van der Waals surface area contributed by atoms with Crippen molar-refractivity contribution in [3.05, 3.63) is 65.5 Å². The summed E-state index contributed by atoms with van der Waals surface area (Å²) in [4.78, 5) is 23.5. The van der Waals surface area contributed by atoms with Crippen molar-refractivity contribution in [2.75, 3.05) is 13.1 Å². The molecule has 5 nitrogen and oxygen atoms in total. The molecule has 2 aromatic carbocycles. The van der Waals surface area contributed by atoms with Crippen LogP contribution >= 0.6 is 0 Å². The van der Waals surface area contributed by atoms with E-state index >= 15 is 0 Å². The van der Waals surface area contributed by atoms with Crippen molar-refractivity contribution in [1.82, 2.24) is 10.6 Å². The van der Waals surface area contributed by atoms with Gasteiger partial charge in [0.1, 0.15) is 11.6 Å². The number of carbonyl (C=O) groups is 2. The molecule has 0 radical (unpaired) electrons. The molecular weight excluding hydrogens is 311 g/mol. The number of carbonyl (C=O) groups excluding carboxylic acids is 2. The zero-order valence-corrected chi connectivity index (χ0v) is 13.1. The lowest BCUT2D eigenvalue weighted by molar-refractivity contribution is -0.121. The van der Waals surface area contributed by atoms with Gasteiger partial charge < -0.3 is 15.7 Å². The molecule has 3 N–H and O–H groups in total. The summed E-state index contributed by atoms with van der Waals surface area (Å²) < 4.78 is 13.0. The first-order valence-corrected chi connectivity index (χ1v) is 7.63. The summed E-state index contributed by atoms with van der Waals surface area (Å²) in [6, 6.07) is 12.4. The van der Waals surface area contributed by atoms with E-state index in [1.165, 1.54) is 24.3 Å². The molecule has 24 heavy (non-hydrogen) atoms. The molecule has 0 unspecified atom stereocenters. The van der Waals surface area contributed by atoms with Crippen LogP contribution in [0.2, 0.25) is 0 Å². The van der Waals surface area contributed by atoms with Crippen LogP contribution < -0.4 is 10.6 Å². The highest BCUT2D eigenvalue weighted by Gasteiger charge is 2.09. The molecular formula is C18H19FN2O3. The molecule has 2 aromatic rings. The Morgan fingerprint density at radius 1 is 1.00 bits per heavy atom. The fourth-order valence-corrected chi connectivity index (χ4v) is 2.18. The Morgan fingerprint density at radius 3 is 2.50 bits per heavy atom. The van der Waals surface area contributed by atoms with Crippen LogP contribution in [-0.4, -0.2) is 30.0 Å². The van der Waals surface area contributed by atoms with Gasteiger partial charge in [0.25, 0.3) is 5.91 Å². The molecule has 0 aromatic heterocycles. The van der Waals surface area contributed by atoms with E-state index in [9.17, 15) is 19.1 Å². The van der Waals surface area contributed by atoms with Gasteiger partial charge in [-0.3, -0.25) is 9.59 Å². The van der Waals surface area contributed by atoms with Crippen LogP contribution in [0.1, 0.15) is 22.3 Å². The predicted molar refractivity (Wildman–Crippen MR) is 88.2 cm³/mol. The van der Waals surface area contributed by atoms with Gasteiger partial charge in [0, 0.05) is 19.5 Å². The van der Waals surface area contributed by atoms with Crippen molar-refractivity contribution in [2.24, 2.45) is 0 Å². The van der Waals surface area contributed by atoms with Gasteiger partial charge in [0.15, 0.2) is 0 Å². The topological polar surface area (TPSA) is 78.4 Å². The van der Waals surface area contributed by atoms with Crippen LogP contribution in [0, 0.1) is 5.82 Å². The van der Waals surface area contributed by atoms with E-state index in [0.29, 0.717) is 6.42 Å². The van der Waals surface area contributed by atoms with Crippen LogP contribution in [0.5, 0.6) is 5.75 Å². The van der Waals surface area contributed by atoms with Crippen LogP contribution in [0.25, 0.3) is 0 Å². The van der Waals surface area contributed by atoms with E-state index in [0.717, 1.165) is 5.56 Å². The minimum atomic E-state index is -0.401. The van der Waals surface area contributed by atoms with Crippen LogP contribution in [0.4, 0.5) is 4.39 Å². The largest absolute Gasteiger partial charge is 0.507 e. The number of phenols is 1. The molecule has 126 valence electrons. The van der Waals surface area contributed by atoms with Gasteiger partial charge in [0.2, 0.25) is 5.91 Å². The second-order valence-electron chi connectivity index (χ2n) is 5.25. The Hall–Kier alpha value is -2.89. The summed E-state index contributed by atoms with van der Waals surface area (Å²) in [6.45, 7) is 0.528.